The minimum absolute atomic E-state index is 0.0123. The highest BCUT2D eigenvalue weighted by Crippen LogP contribution is 2.27. The third kappa shape index (κ3) is 4.08. The molecule has 0 atom stereocenters. The van der Waals surface area contributed by atoms with Crippen LogP contribution in [-0.4, -0.2) is 11.5 Å². The van der Waals surface area contributed by atoms with Gasteiger partial charge in [-0.2, -0.15) is 0 Å². The average molecular weight is 374 g/mol. The highest BCUT2D eigenvalue weighted by Gasteiger charge is 2.11. The van der Waals surface area contributed by atoms with E-state index in [1.165, 1.54) is 17.8 Å². The fourth-order valence-corrected chi connectivity index (χ4v) is 3.29. The molecule has 20 heavy (non-hydrogen) atoms. The molecule has 0 spiro atoms. The zero-order valence-corrected chi connectivity index (χ0v) is 13.6. The maximum Gasteiger partial charge on any atom is 0.147 e. The van der Waals surface area contributed by atoms with E-state index >= 15 is 0 Å². The number of carbonyl (C=O) groups is 1. The maximum atomic E-state index is 13.3. The van der Waals surface area contributed by atoms with Gasteiger partial charge in [0.2, 0.25) is 0 Å². The molecule has 0 radical (unpaired) electrons. The molecule has 104 valence electrons. The second-order valence-corrected chi connectivity index (χ2v) is 6.40. The summed E-state index contributed by atoms with van der Waals surface area (Å²) in [7, 11) is 0. The van der Waals surface area contributed by atoms with Crippen LogP contribution in [-0.2, 0) is 11.2 Å². The summed E-state index contributed by atoms with van der Waals surface area (Å²) in [6.45, 7) is 0. The van der Waals surface area contributed by atoms with Crippen molar-refractivity contribution in [3.8, 4) is 0 Å². The van der Waals surface area contributed by atoms with Crippen LogP contribution in [0.15, 0.2) is 51.8 Å². The molecule has 2 rings (SSSR count). The Morgan fingerprint density at radius 1 is 1.20 bits per heavy atom. The molecule has 0 saturated carbocycles. The summed E-state index contributed by atoms with van der Waals surface area (Å²) in [5.41, 5.74) is 0.532. The summed E-state index contributed by atoms with van der Waals surface area (Å²) in [5.74, 6) is -0.149. The standard InChI is InChI=1S/C15H11BrClFOS/c16-12-5-1-2-7-14(12)20-9-11(19)8-10-4-3-6-13(18)15(10)17/h1-7H,8-9H2. The maximum absolute atomic E-state index is 13.3. The van der Waals surface area contributed by atoms with E-state index < -0.39 is 5.82 Å². The van der Waals surface area contributed by atoms with Crippen LogP contribution >= 0.6 is 39.3 Å². The van der Waals surface area contributed by atoms with E-state index in [1.54, 1.807) is 12.1 Å². The molecule has 0 aliphatic carbocycles. The van der Waals surface area contributed by atoms with Gasteiger partial charge in [0, 0.05) is 15.8 Å². The third-order valence-electron chi connectivity index (χ3n) is 2.64. The van der Waals surface area contributed by atoms with Gasteiger partial charge in [-0.05, 0) is 39.7 Å². The van der Waals surface area contributed by atoms with Gasteiger partial charge in [0.05, 0.1) is 10.8 Å². The van der Waals surface area contributed by atoms with Gasteiger partial charge < -0.3 is 0 Å². The van der Waals surface area contributed by atoms with Crippen molar-refractivity contribution < 1.29 is 9.18 Å². The fourth-order valence-electron chi connectivity index (χ4n) is 1.67. The van der Waals surface area contributed by atoms with Crippen molar-refractivity contribution in [3.05, 3.63) is 63.3 Å². The Hall–Kier alpha value is -0.840. The number of thioether (sulfide) groups is 1. The third-order valence-corrected chi connectivity index (χ3v) is 5.16. The summed E-state index contributed by atoms with van der Waals surface area (Å²) in [5, 5.41) is 0.0340. The molecule has 0 aliphatic heterocycles. The largest absolute Gasteiger partial charge is 0.298 e. The average Bonchev–Trinajstić information content (AvgIpc) is 2.43. The number of carbonyl (C=O) groups excluding carboxylic acids is 1. The van der Waals surface area contributed by atoms with Crippen LogP contribution in [0.3, 0.4) is 0 Å². The van der Waals surface area contributed by atoms with Gasteiger partial charge in [0.1, 0.15) is 11.6 Å². The highest BCUT2D eigenvalue weighted by molar-refractivity contribution is 9.10. The number of ketones is 1. The van der Waals surface area contributed by atoms with Crippen molar-refractivity contribution in [2.24, 2.45) is 0 Å². The van der Waals surface area contributed by atoms with Gasteiger partial charge in [-0.15, -0.1) is 11.8 Å². The predicted molar refractivity (Wildman–Crippen MR) is 85.0 cm³/mol. The molecular formula is C15H11BrClFOS. The predicted octanol–water partition coefficient (Wildman–Crippen LogP) is 5.15. The Bertz CT molecular complexity index is 633. The normalized spacial score (nSPS) is 10.6. The first kappa shape index (κ1) is 15.5. The minimum Gasteiger partial charge on any atom is -0.298 e. The van der Waals surface area contributed by atoms with E-state index in [2.05, 4.69) is 15.9 Å². The molecule has 0 saturated heterocycles. The molecule has 0 aliphatic rings. The summed E-state index contributed by atoms with van der Waals surface area (Å²) in [6, 6.07) is 12.2. The molecule has 2 aromatic carbocycles. The molecule has 0 amide bonds. The van der Waals surface area contributed by atoms with Crippen molar-refractivity contribution >= 4 is 45.1 Å². The molecule has 0 fully saturated rings. The molecular weight excluding hydrogens is 363 g/mol. The van der Waals surface area contributed by atoms with Gasteiger partial charge in [0.15, 0.2) is 0 Å². The van der Waals surface area contributed by atoms with Crippen LogP contribution in [0.25, 0.3) is 0 Å². The topological polar surface area (TPSA) is 17.1 Å². The summed E-state index contributed by atoms with van der Waals surface area (Å²) in [6.07, 6.45) is 0.147. The van der Waals surface area contributed by atoms with Gasteiger partial charge in [-0.3, -0.25) is 4.79 Å². The lowest BCUT2D eigenvalue weighted by Crippen LogP contribution is -2.06. The summed E-state index contributed by atoms with van der Waals surface area (Å²) >= 11 is 10.7. The molecule has 0 unspecified atom stereocenters. The van der Waals surface area contributed by atoms with Crippen LogP contribution in [0.5, 0.6) is 0 Å². The van der Waals surface area contributed by atoms with Crippen LogP contribution in [0.2, 0.25) is 5.02 Å². The van der Waals surface area contributed by atoms with E-state index in [4.69, 9.17) is 11.6 Å². The molecule has 0 aromatic heterocycles. The Labute approximate surface area is 134 Å². The molecule has 0 N–H and O–H groups in total. The Morgan fingerprint density at radius 3 is 2.70 bits per heavy atom. The first-order chi connectivity index (χ1) is 9.58. The van der Waals surface area contributed by atoms with Crippen molar-refractivity contribution in [2.45, 2.75) is 11.3 Å². The zero-order valence-electron chi connectivity index (χ0n) is 10.4. The van der Waals surface area contributed by atoms with Crippen molar-refractivity contribution in [3.63, 3.8) is 0 Å². The smallest absolute Gasteiger partial charge is 0.147 e. The van der Waals surface area contributed by atoms with Gasteiger partial charge >= 0.3 is 0 Å². The first-order valence-electron chi connectivity index (χ1n) is 5.90. The van der Waals surface area contributed by atoms with Gasteiger partial charge in [0.25, 0.3) is 0 Å². The SMILES string of the molecule is O=C(CSc1ccccc1Br)Cc1cccc(F)c1Cl. The lowest BCUT2D eigenvalue weighted by atomic mass is 10.1. The van der Waals surface area contributed by atoms with Gasteiger partial charge in [-0.1, -0.05) is 35.9 Å². The van der Waals surface area contributed by atoms with E-state index in [-0.39, 0.29) is 17.2 Å². The van der Waals surface area contributed by atoms with Crippen LogP contribution in [0.1, 0.15) is 5.56 Å². The Balaban J connectivity index is 1.96. The second kappa shape index (κ2) is 7.25. The lowest BCUT2D eigenvalue weighted by molar-refractivity contribution is -0.116. The molecule has 0 heterocycles. The Kier molecular flexibility index (Phi) is 5.64. The molecule has 2 aromatic rings. The molecule has 1 nitrogen and oxygen atoms in total. The van der Waals surface area contributed by atoms with E-state index in [0.717, 1.165) is 9.37 Å². The summed E-state index contributed by atoms with van der Waals surface area (Å²) in [4.78, 5) is 12.9. The van der Waals surface area contributed by atoms with E-state index in [0.29, 0.717) is 11.3 Å². The monoisotopic (exact) mass is 372 g/mol. The van der Waals surface area contributed by atoms with E-state index in [9.17, 15) is 9.18 Å². The van der Waals surface area contributed by atoms with Gasteiger partial charge in [-0.25, -0.2) is 4.39 Å². The number of hydrogen-bond acceptors (Lipinski definition) is 2. The van der Waals surface area contributed by atoms with Crippen molar-refractivity contribution in [1.29, 1.82) is 0 Å². The number of Topliss-reactive ketones (excluding diaryl/α,β-unsaturated/α-hetero) is 1. The van der Waals surface area contributed by atoms with Crippen LogP contribution in [0.4, 0.5) is 4.39 Å². The first-order valence-corrected chi connectivity index (χ1v) is 8.05. The minimum atomic E-state index is -0.490. The highest BCUT2D eigenvalue weighted by atomic mass is 79.9. The number of halogens is 3. The second-order valence-electron chi connectivity index (χ2n) is 4.15. The number of hydrogen-bond donors (Lipinski definition) is 0. The summed E-state index contributed by atoms with van der Waals surface area (Å²) < 4.78 is 14.2. The quantitative estimate of drug-likeness (QED) is 0.675. The van der Waals surface area contributed by atoms with Crippen LogP contribution < -0.4 is 0 Å². The van der Waals surface area contributed by atoms with Crippen LogP contribution in [0, 0.1) is 5.82 Å². The fraction of sp³-hybridized carbons (Fsp3) is 0.133. The Morgan fingerprint density at radius 2 is 1.95 bits per heavy atom. The van der Waals surface area contributed by atoms with Crippen molar-refractivity contribution in [1.82, 2.24) is 0 Å². The molecule has 5 heteroatoms. The lowest BCUT2D eigenvalue weighted by Gasteiger charge is -2.05. The number of rotatable bonds is 5. The number of benzene rings is 2. The zero-order chi connectivity index (χ0) is 14.5. The van der Waals surface area contributed by atoms with Crippen molar-refractivity contribution in [2.75, 3.05) is 5.75 Å². The van der Waals surface area contributed by atoms with E-state index in [1.807, 2.05) is 24.3 Å². The molecule has 0 bridgehead atoms.